The summed E-state index contributed by atoms with van der Waals surface area (Å²) in [6.07, 6.45) is 3.63. The van der Waals surface area contributed by atoms with Gasteiger partial charge < -0.3 is 10.5 Å². The van der Waals surface area contributed by atoms with Crippen LogP contribution in [0.5, 0.6) is 5.75 Å². The van der Waals surface area contributed by atoms with E-state index in [4.69, 9.17) is 10.5 Å². The third kappa shape index (κ3) is 4.23. The molecule has 0 saturated heterocycles. The molecule has 90 valence electrons. The van der Waals surface area contributed by atoms with E-state index in [-0.39, 0.29) is 5.60 Å². The van der Waals surface area contributed by atoms with Crippen molar-refractivity contribution in [2.45, 2.75) is 45.6 Å². The van der Waals surface area contributed by atoms with Crippen molar-refractivity contribution < 1.29 is 4.74 Å². The van der Waals surface area contributed by atoms with Crippen LogP contribution in [0.2, 0.25) is 0 Å². The summed E-state index contributed by atoms with van der Waals surface area (Å²) in [7, 11) is 0. The van der Waals surface area contributed by atoms with Gasteiger partial charge in [0.1, 0.15) is 11.4 Å². The van der Waals surface area contributed by atoms with Gasteiger partial charge in [-0.2, -0.15) is 0 Å². The van der Waals surface area contributed by atoms with E-state index in [0.29, 0.717) is 6.54 Å². The van der Waals surface area contributed by atoms with Crippen molar-refractivity contribution >= 4 is 0 Å². The average molecular weight is 221 g/mol. The van der Waals surface area contributed by atoms with Crippen LogP contribution in [0.3, 0.4) is 0 Å². The molecule has 0 fully saturated rings. The lowest BCUT2D eigenvalue weighted by atomic mass is 10.1. The highest BCUT2D eigenvalue weighted by molar-refractivity contribution is 5.27. The fourth-order valence-corrected chi connectivity index (χ4v) is 1.47. The summed E-state index contributed by atoms with van der Waals surface area (Å²) in [5.41, 5.74) is 6.71. The van der Waals surface area contributed by atoms with Gasteiger partial charge in [0, 0.05) is 6.54 Å². The van der Waals surface area contributed by atoms with Crippen LogP contribution in [0.15, 0.2) is 24.3 Å². The third-order valence-corrected chi connectivity index (χ3v) is 2.63. The van der Waals surface area contributed by atoms with Crippen molar-refractivity contribution in [1.29, 1.82) is 0 Å². The van der Waals surface area contributed by atoms with Gasteiger partial charge in [-0.05, 0) is 44.4 Å². The first-order chi connectivity index (χ1) is 7.57. The minimum Gasteiger partial charge on any atom is -0.487 e. The zero-order chi connectivity index (χ0) is 12.0. The Labute approximate surface area is 98.8 Å². The zero-order valence-corrected chi connectivity index (χ0v) is 10.6. The molecular formula is C14H23NO. The van der Waals surface area contributed by atoms with Gasteiger partial charge in [-0.25, -0.2) is 0 Å². The maximum atomic E-state index is 5.79. The number of hydrogen-bond donors (Lipinski definition) is 1. The molecule has 0 amide bonds. The molecule has 0 aliphatic heterocycles. The molecule has 0 aromatic heterocycles. The van der Waals surface area contributed by atoms with Crippen LogP contribution in [0.4, 0.5) is 0 Å². The molecule has 0 radical (unpaired) electrons. The van der Waals surface area contributed by atoms with Crippen molar-refractivity contribution in [3.8, 4) is 5.75 Å². The number of rotatable bonds is 6. The minimum atomic E-state index is -0.287. The molecule has 0 unspecified atom stereocenters. The summed E-state index contributed by atoms with van der Waals surface area (Å²) in [5, 5.41) is 0. The first-order valence-corrected chi connectivity index (χ1v) is 6.05. The molecule has 1 rings (SSSR count). The van der Waals surface area contributed by atoms with Gasteiger partial charge in [-0.1, -0.05) is 25.5 Å². The second-order valence-electron chi connectivity index (χ2n) is 4.81. The minimum absolute atomic E-state index is 0.287. The summed E-state index contributed by atoms with van der Waals surface area (Å²) in [6.45, 7) is 6.72. The zero-order valence-electron chi connectivity index (χ0n) is 10.6. The van der Waals surface area contributed by atoms with E-state index >= 15 is 0 Å². The Balaban J connectivity index is 2.57. The van der Waals surface area contributed by atoms with Gasteiger partial charge in [-0.3, -0.25) is 0 Å². The standard InChI is InChI=1S/C14H23NO/c1-4-5-6-12-7-9-13(10-8-12)16-14(2,3)11-15/h7-10H,4-6,11,15H2,1-3H3. The maximum Gasteiger partial charge on any atom is 0.120 e. The number of nitrogens with two attached hydrogens (primary N) is 1. The normalized spacial score (nSPS) is 11.5. The highest BCUT2D eigenvalue weighted by Crippen LogP contribution is 2.19. The number of aryl methyl sites for hydroxylation is 1. The summed E-state index contributed by atoms with van der Waals surface area (Å²) < 4.78 is 5.79. The van der Waals surface area contributed by atoms with Gasteiger partial charge in [-0.15, -0.1) is 0 Å². The smallest absolute Gasteiger partial charge is 0.120 e. The molecule has 2 nitrogen and oxygen atoms in total. The Hall–Kier alpha value is -1.02. The number of unbranched alkanes of at least 4 members (excludes halogenated alkanes) is 1. The molecule has 1 aromatic rings. The monoisotopic (exact) mass is 221 g/mol. The highest BCUT2D eigenvalue weighted by atomic mass is 16.5. The van der Waals surface area contributed by atoms with Crippen LogP contribution in [0, 0.1) is 0 Å². The molecule has 0 spiro atoms. The Bertz CT molecular complexity index is 303. The number of benzene rings is 1. The number of ether oxygens (including phenoxy) is 1. The molecule has 2 N–H and O–H groups in total. The molecule has 0 aliphatic rings. The lowest BCUT2D eigenvalue weighted by Gasteiger charge is -2.24. The molecule has 0 atom stereocenters. The average Bonchev–Trinajstić information content (AvgIpc) is 2.28. The first kappa shape index (κ1) is 13.0. The second-order valence-corrected chi connectivity index (χ2v) is 4.81. The summed E-state index contributed by atoms with van der Waals surface area (Å²) in [5.74, 6) is 0.899. The Morgan fingerprint density at radius 2 is 1.81 bits per heavy atom. The Kier molecular flexibility index (Phi) is 4.81. The fraction of sp³-hybridized carbons (Fsp3) is 0.571. The quantitative estimate of drug-likeness (QED) is 0.801. The van der Waals surface area contributed by atoms with Gasteiger partial charge in [0.15, 0.2) is 0 Å². The van der Waals surface area contributed by atoms with Gasteiger partial charge in [0.25, 0.3) is 0 Å². The SMILES string of the molecule is CCCCc1ccc(OC(C)(C)CN)cc1. The molecule has 0 aliphatic carbocycles. The van der Waals surface area contributed by atoms with Crippen LogP contribution < -0.4 is 10.5 Å². The summed E-state index contributed by atoms with van der Waals surface area (Å²) in [4.78, 5) is 0. The predicted octanol–water partition coefficient (Wildman–Crippen LogP) is 3.15. The maximum absolute atomic E-state index is 5.79. The van der Waals surface area contributed by atoms with Crippen LogP contribution >= 0.6 is 0 Å². The topological polar surface area (TPSA) is 35.2 Å². The van der Waals surface area contributed by atoms with Gasteiger partial charge in [0.2, 0.25) is 0 Å². The second kappa shape index (κ2) is 5.90. The van der Waals surface area contributed by atoms with Crippen LogP contribution in [0.1, 0.15) is 39.2 Å². The van der Waals surface area contributed by atoms with E-state index < -0.39 is 0 Å². The molecular weight excluding hydrogens is 198 g/mol. The predicted molar refractivity (Wildman–Crippen MR) is 68.8 cm³/mol. The van der Waals surface area contributed by atoms with Gasteiger partial charge >= 0.3 is 0 Å². The highest BCUT2D eigenvalue weighted by Gasteiger charge is 2.16. The largest absolute Gasteiger partial charge is 0.487 e. The molecule has 16 heavy (non-hydrogen) atoms. The number of hydrogen-bond acceptors (Lipinski definition) is 2. The van der Waals surface area contributed by atoms with Crippen molar-refractivity contribution in [2.75, 3.05) is 6.54 Å². The van der Waals surface area contributed by atoms with E-state index in [0.717, 1.165) is 12.2 Å². The molecule has 2 heteroatoms. The molecule has 1 aromatic carbocycles. The molecule has 0 saturated carbocycles. The molecule has 0 bridgehead atoms. The lowest BCUT2D eigenvalue weighted by molar-refractivity contribution is 0.119. The first-order valence-electron chi connectivity index (χ1n) is 6.05. The van der Waals surface area contributed by atoms with Crippen LogP contribution in [-0.2, 0) is 6.42 Å². The molecule has 0 heterocycles. The van der Waals surface area contributed by atoms with E-state index in [2.05, 4.69) is 19.1 Å². The van der Waals surface area contributed by atoms with E-state index in [1.165, 1.54) is 18.4 Å². The van der Waals surface area contributed by atoms with E-state index in [1.54, 1.807) is 0 Å². The summed E-state index contributed by atoms with van der Waals surface area (Å²) >= 11 is 0. The Morgan fingerprint density at radius 1 is 1.19 bits per heavy atom. The van der Waals surface area contributed by atoms with Crippen molar-refractivity contribution in [3.63, 3.8) is 0 Å². The van der Waals surface area contributed by atoms with Gasteiger partial charge in [0.05, 0.1) is 0 Å². The third-order valence-electron chi connectivity index (χ3n) is 2.63. The lowest BCUT2D eigenvalue weighted by Crippen LogP contribution is -2.37. The Morgan fingerprint density at radius 3 is 2.31 bits per heavy atom. The van der Waals surface area contributed by atoms with E-state index in [9.17, 15) is 0 Å². The van der Waals surface area contributed by atoms with Crippen molar-refractivity contribution in [3.05, 3.63) is 29.8 Å². The fourth-order valence-electron chi connectivity index (χ4n) is 1.47. The summed E-state index contributed by atoms with van der Waals surface area (Å²) in [6, 6.07) is 8.33. The van der Waals surface area contributed by atoms with Crippen LogP contribution in [-0.4, -0.2) is 12.1 Å². The van der Waals surface area contributed by atoms with Crippen molar-refractivity contribution in [2.24, 2.45) is 5.73 Å². The van der Waals surface area contributed by atoms with E-state index in [1.807, 2.05) is 26.0 Å². The van der Waals surface area contributed by atoms with Crippen LogP contribution in [0.25, 0.3) is 0 Å². The van der Waals surface area contributed by atoms with Crippen molar-refractivity contribution in [1.82, 2.24) is 0 Å².